The molecule has 0 atom stereocenters. The number of aromatic nitrogens is 1. The van der Waals surface area contributed by atoms with Crippen molar-refractivity contribution in [2.24, 2.45) is 0 Å². The zero-order valence-electron chi connectivity index (χ0n) is 12.7. The first-order chi connectivity index (χ1) is 9.08. The van der Waals surface area contributed by atoms with Crippen LogP contribution in [0, 0.1) is 0 Å². The summed E-state index contributed by atoms with van der Waals surface area (Å²) in [5.74, 6) is 1.53. The van der Waals surface area contributed by atoms with Gasteiger partial charge in [0.2, 0.25) is 0 Å². The molecule has 1 N–H and O–H groups in total. The van der Waals surface area contributed by atoms with Crippen molar-refractivity contribution in [2.75, 3.05) is 25.5 Å². The summed E-state index contributed by atoms with van der Waals surface area (Å²) in [4.78, 5) is 7.00. The number of pyridine rings is 1. The summed E-state index contributed by atoms with van der Waals surface area (Å²) in [6.07, 6.45) is 4.14. The highest BCUT2D eigenvalue weighted by Crippen LogP contribution is 2.20. The van der Waals surface area contributed by atoms with Crippen molar-refractivity contribution in [1.29, 1.82) is 0 Å². The van der Waals surface area contributed by atoms with Gasteiger partial charge in [0.05, 0.1) is 0 Å². The minimum Gasteiger partial charge on any atom is -0.360 e. The Morgan fingerprint density at radius 2 is 2.16 bits per heavy atom. The average Bonchev–Trinajstić information content (AvgIpc) is 2.39. The van der Waals surface area contributed by atoms with Crippen molar-refractivity contribution in [3.8, 4) is 0 Å². The molecule has 0 amide bonds. The summed E-state index contributed by atoms with van der Waals surface area (Å²) in [5.41, 5.74) is 2.46. The third-order valence-electron chi connectivity index (χ3n) is 3.16. The van der Waals surface area contributed by atoms with E-state index in [1.54, 1.807) is 0 Å². The Bertz CT molecular complexity index is 399. The molecule has 0 spiro atoms. The van der Waals surface area contributed by atoms with Crippen molar-refractivity contribution in [3.63, 3.8) is 0 Å². The van der Waals surface area contributed by atoms with Crippen LogP contribution in [0.2, 0.25) is 0 Å². The van der Waals surface area contributed by atoms with Crippen LogP contribution in [-0.2, 0) is 6.54 Å². The first kappa shape index (κ1) is 15.7. The van der Waals surface area contributed by atoms with Crippen LogP contribution in [0.3, 0.4) is 0 Å². The van der Waals surface area contributed by atoms with Crippen LogP contribution < -0.4 is 10.2 Å². The molecule has 106 valence electrons. The van der Waals surface area contributed by atoms with Gasteiger partial charge in [0.1, 0.15) is 5.82 Å². The van der Waals surface area contributed by atoms with Gasteiger partial charge in [0, 0.05) is 25.8 Å². The van der Waals surface area contributed by atoms with Crippen LogP contribution in [0.25, 0.3) is 0 Å². The summed E-state index contributed by atoms with van der Waals surface area (Å²) >= 11 is 0. The molecule has 0 aliphatic rings. The first-order valence-corrected chi connectivity index (χ1v) is 7.06. The molecule has 1 rings (SSSR count). The summed E-state index contributed by atoms with van der Waals surface area (Å²) in [5, 5.41) is 3.21. The smallest absolute Gasteiger partial charge is 0.128 e. The van der Waals surface area contributed by atoms with Crippen LogP contribution in [0.1, 0.15) is 43.9 Å². The van der Waals surface area contributed by atoms with E-state index in [9.17, 15) is 0 Å². The lowest BCUT2D eigenvalue weighted by molar-refractivity contribution is 0.760. The summed E-state index contributed by atoms with van der Waals surface area (Å²) in [6, 6.07) is 4.37. The number of hydrogen-bond acceptors (Lipinski definition) is 3. The molecule has 0 aromatic carbocycles. The van der Waals surface area contributed by atoms with Gasteiger partial charge in [-0.15, -0.1) is 6.58 Å². The van der Waals surface area contributed by atoms with Gasteiger partial charge in [-0.1, -0.05) is 19.9 Å². The van der Waals surface area contributed by atoms with Gasteiger partial charge in [-0.3, -0.25) is 0 Å². The molecule has 0 aliphatic heterocycles. The third kappa shape index (κ3) is 5.03. The fraction of sp³-hybridized carbons (Fsp3) is 0.562. The highest BCUT2D eigenvalue weighted by Gasteiger charge is 2.09. The van der Waals surface area contributed by atoms with Gasteiger partial charge in [-0.25, -0.2) is 4.98 Å². The number of nitrogens with zero attached hydrogens (tertiary/aromatic N) is 2. The number of allylic oxidation sites excluding steroid dienone is 1. The van der Waals surface area contributed by atoms with E-state index in [1.807, 2.05) is 13.1 Å². The lowest BCUT2D eigenvalue weighted by Crippen LogP contribution is -2.21. The first-order valence-electron chi connectivity index (χ1n) is 7.06. The van der Waals surface area contributed by atoms with Crippen LogP contribution in [0.5, 0.6) is 0 Å². The molecule has 0 fully saturated rings. The summed E-state index contributed by atoms with van der Waals surface area (Å²) in [7, 11) is 4.08. The van der Waals surface area contributed by atoms with E-state index in [4.69, 9.17) is 4.98 Å². The SMILES string of the molecule is C=CCCCN(C)c1cc(CNC)cc(C(C)C)n1. The van der Waals surface area contributed by atoms with Crippen molar-refractivity contribution in [3.05, 3.63) is 36.0 Å². The highest BCUT2D eigenvalue weighted by molar-refractivity contribution is 5.42. The number of rotatable bonds is 8. The molecule has 1 aromatic rings. The standard InChI is InChI=1S/C16H27N3/c1-6-7-8-9-19(5)16-11-14(12-17-4)10-15(18-16)13(2)3/h6,10-11,13,17H,1,7-9,12H2,2-5H3. The maximum Gasteiger partial charge on any atom is 0.128 e. The summed E-state index contributed by atoms with van der Waals surface area (Å²) in [6.45, 7) is 10.0. The fourth-order valence-corrected chi connectivity index (χ4v) is 1.98. The molecular weight excluding hydrogens is 234 g/mol. The van der Waals surface area contributed by atoms with Gasteiger partial charge in [0.25, 0.3) is 0 Å². The molecule has 3 heteroatoms. The highest BCUT2D eigenvalue weighted by atomic mass is 15.2. The minimum atomic E-state index is 0.456. The molecule has 0 unspecified atom stereocenters. The zero-order valence-corrected chi connectivity index (χ0v) is 12.7. The van der Waals surface area contributed by atoms with Crippen molar-refractivity contribution in [2.45, 2.75) is 39.2 Å². The molecule has 0 aliphatic carbocycles. The maximum atomic E-state index is 4.77. The Kier molecular flexibility index (Phi) is 6.57. The van der Waals surface area contributed by atoms with Gasteiger partial charge >= 0.3 is 0 Å². The van der Waals surface area contributed by atoms with E-state index < -0.39 is 0 Å². The molecule has 1 aromatic heterocycles. The lowest BCUT2D eigenvalue weighted by atomic mass is 10.1. The Hall–Kier alpha value is -1.35. The van der Waals surface area contributed by atoms with Crippen molar-refractivity contribution in [1.82, 2.24) is 10.3 Å². The van der Waals surface area contributed by atoms with E-state index in [0.717, 1.165) is 31.7 Å². The van der Waals surface area contributed by atoms with Crippen LogP contribution in [0.15, 0.2) is 24.8 Å². The van der Waals surface area contributed by atoms with Gasteiger partial charge in [-0.05, 0) is 43.5 Å². The quantitative estimate of drug-likeness (QED) is 0.575. The number of unbranched alkanes of at least 4 members (excludes halogenated alkanes) is 1. The van der Waals surface area contributed by atoms with E-state index in [1.165, 1.54) is 11.3 Å². The largest absolute Gasteiger partial charge is 0.360 e. The molecule has 1 heterocycles. The number of hydrogen-bond donors (Lipinski definition) is 1. The van der Waals surface area contributed by atoms with Gasteiger partial charge in [-0.2, -0.15) is 0 Å². The Labute approximate surface area is 117 Å². The second-order valence-electron chi connectivity index (χ2n) is 5.30. The van der Waals surface area contributed by atoms with Crippen molar-refractivity contribution >= 4 is 5.82 Å². The molecule has 3 nitrogen and oxygen atoms in total. The average molecular weight is 261 g/mol. The van der Waals surface area contributed by atoms with Gasteiger partial charge < -0.3 is 10.2 Å². The normalized spacial score (nSPS) is 10.8. The zero-order chi connectivity index (χ0) is 14.3. The Morgan fingerprint density at radius 3 is 2.74 bits per heavy atom. The van der Waals surface area contributed by atoms with Crippen molar-refractivity contribution < 1.29 is 0 Å². The Morgan fingerprint density at radius 1 is 1.42 bits per heavy atom. The van der Waals surface area contributed by atoms with Gasteiger partial charge in [0.15, 0.2) is 0 Å². The van der Waals surface area contributed by atoms with E-state index in [-0.39, 0.29) is 0 Å². The number of nitrogens with one attached hydrogen (secondary N) is 1. The minimum absolute atomic E-state index is 0.456. The van der Waals surface area contributed by atoms with E-state index in [2.05, 4.69) is 49.8 Å². The Balaban J connectivity index is 2.88. The molecular formula is C16H27N3. The van der Waals surface area contributed by atoms with E-state index in [0.29, 0.717) is 5.92 Å². The molecule has 0 radical (unpaired) electrons. The number of anilines is 1. The van der Waals surface area contributed by atoms with E-state index >= 15 is 0 Å². The maximum absolute atomic E-state index is 4.77. The molecule has 19 heavy (non-hydrogen) atoms. The lowest BCUT2D eigenvalue weighted by Gasteiger charge is -2.20. The fourth-order valence-electron chi connectivity index (χ4n) is 1.98. The topological polar surface area (TPSA) is 28.2 Å². The van der Waals surface area contributed by atoms with Crippen LogP contribution >= 0.6 is 0 Å². The molecule has 0 bridgehead atoms. The molecule has 0 saturated heterocycles. The second kappa shape index (κ2) is 7.95. The van der Waals surface area contributed by atoms with Crippen LogP contribution in [0.4, 0.5) is 5.82 Å². The molecule has 0 saturated carbocycles. The monoisotopic (exact) mass is 261 g/mol. The van der Waals surface area contributed by atoms with Crippen LogP contribution in [-0.4, -0.2) is 25.6 Å². The predicted octanol–water partition coefficient (Wildman–Crippen LogP) is 3.33. The second-order valence-corrected chi connectivity index (χ2v) is 5.30. The third-order valence-corrected chi connectivity index (χ3v) is 3.16. The predicted molar refractivity (Wildman–Crippen MR) is 83.8 cm³/mol. The summed E-state index contributed by atoms with van der Waals surface area (Å²) < 4.78 is 0.